The largest absolute Gasteiger partial charge is 0.484 e. The van der Waals surface area contributed by atoms with Crippen LogP contribution < -0.4 is 10.1 Å². The molecule has 5 nitrogen and oxygen atoms in total. The van der Waals surface area contributed by atoms with E-state index in [9.17, 15) is 4.79 Å². The summed E-state index contributed by atoms with van der Waals surface area (Å²) in [6, 6.07) is 7.08. The van der Waals surface area contributed by atoms with Gasteiger partial charge in [-0.2, -0.15) is 0 Å². The van der Waals surface area contributed by atoms with Crippen LogP contribution in [-0.4, -0.2) is 30.0 Å². The molecule has 1 aromatic rings. The number of nitrogens with one attached hydrogen (secondary N) is 1. The average Bonchev–Trinajstić information content (AvgIpc) is 2.45. The highest BCUT2D eigenvalue weighted by atomic mass is 16.5. The van der Waals surface area contributed by atoms with E-state index in [1.54, 1.807) is 25.1 Å². The number of nitrogens with zero attached hydrogens (tertiary/aromatic N) is 1. The van der Waals surface area contributed by atoms with E-state index < -0.39 is 0 Å². The van der Waals surface area contributed by atoms with Gasteiger partial charge in [-0.1, -0.05) is 30.6 Å². The molecular weight excluding hydrogens is 244 g/mol. The number of carbonyl (C=O) groups excluding carboxylic acids is 1. The molecule has 19 heavy (non-hydrogen) atoms. The van der Waals surface area contributed by atoms with Crippen molar-refractivity contribution in [3.63, 3.8) is 0 Å². The molecule has 0 unspecified atom stereocenters. The number of hydrogen-bond acceptors (Lipinski definition) is 4. The maximum atomic E-state index is 11.5. The minimum absolute atomic E-state index is 0.0114. The molecule has 0 aliphatic carbocycles. The topological polar surface area (TPSA) is 70.9 Å². The number of unbranched alkanes of at least 4 members (excludes halogenated alkanes) is 1. The lowest BCUT2D eigenvalue weighted by Gasteiger charge is -2.08. The van der Waals surface area contributed by atoms with E-state index in [4.69, 9.17) is 9.94 Å². The summed E-state index contributed by atoms with van der Waals surface area (Å²) >= 11 is 0. The number of benzene rings is 1. The molecule has 1 rings (SSSR count). The van der Waals surface area contributed by atoms with Crippen molar-refractivity contribution in [1.29, 1.82) is 0 Å². The quantitative estimate of drug-likeness (QED) is 0.343. The molecule has 0 bridgehead atoms. The Kier molecular flexibility index (Phi) is 6.43. The Labute approximate surface area is 113 Å². The van der Waals surface area contributed by atoms with Crippen LogP contribution in [0.2, 0.25) is 0 Å². The van der Waals surface area contributed by atoms with Crippen LogP contribution in [0.15, 0.2) is 29.4 Å². The molecule has 2 N–H and O–H groups in total. The molecule has 0 aliphatic heterocycles. The Hall–Kier alpha value is -2.04. The molecule has 0 spiro atoms. The number of oxime groups is 1. The van der Waals surface area contributed by atoms with Gasteiger partial charge in [-0.25, -0.2) is 0 Å². The fraction of sp³-hybridized carbons (Fsp3) is 0.429. The van der Waals surface area contributed by atoms with Gasteiger partial charge in [-0.05, 0) is 25.5 Å². The zero-order chi connectivity index (χ0) is 14.1. The smallest absolute Gasteiger partial charge is 0.257 e. The van der Waals surface area contributed by atoms with Crippen molar-refractivity contribution in [3.8, 4) is 5.75 Å². The van der Waals surface area contributed by atoms with Gasteiger partial charge in [-0.15, -0.1) is 0 Å². The van der Waals surface area contributed by atoms with Crippen molar-refractivity contribution in [2.45, 2.75) is 26.7 Å². The summed E-state index contributed by atoms with van der Waals surface area (Å²) in [4.78, 5) is 11.5. The van der Waals surface area contributed by atoms with Crippen molar-refractivity contribution in [2.24, 2.45) is 5.16 Å². The first-order valence-electron chi connectivity index (χ1n) is 6.36. The predicted molar refractivity (Wildman–Crippen MR) is 73.9 cm³/mol. The van der Waals surface area contributed by atoms with Crippen LogP contribution in [-0.2, 0) is 4.79 Å². The third-order valence-electron chi connectivity index (χ3n) is 2.62. The highest BCUT2D eigenvalue weighted by Crippen LogP contribution is 2.13. The van der Waals surface area contributed by atoms with E-state index in [1.807, 2.05) is 6.07 Å². The van der Waals surface area contributed by atoms with Crippen LogP contribution in [0.4, 0.5) is 0 Å². The Balaban J connectivity index is 2.47. The molecule has 0 fully saturated rings. The van der Waals surface area contributed by atoms with Crippen molar-refractivity contribution in [1.82, 2.24) is 5.32 Å². The fourth-order valence-electron chi connectivity index (χ4n) is 1.47. The number of amides is 1. The minimum Gasteiger partial charge on any atom is -0.484 e. The second kappa shape index (κ2) is 8.13. The van der Waals surface area contributed by atoms with Crippen LogP contribution in [0.1, 0.15) is 32.3 Å². The first-order valence-corrected chi connectivity index (χ1v) is 6.36. The fourth-order valence-corrected chi connectivity index (χ4v) is 1.47. The van der Waals surface area contributed by atoms with Gasteiger partial charge >= 0.3 is 0 Å². The van der Waals surface area contributed by atoms with Gasteiger partial charge in [0, 0.05) is 12.1 Å². The normalized spacial score (nSPS) is 11.2. The van der Waals surface area contributed by atoms with Gasteiger partial charge in [0.2, 0.25) is 0 Å². The first-order chi connectivity index (χ1) is 9.17. The zero-order valence-electron chi connectivity index (χ0n) is 11.3. The molecule has 0 atom stereocenters. The summed E-state index contributed by atoms with van der Waals surface area (Å²) in [5, 5.41) is 14.6. The summed E-state index contributed by atoms with van der Waals surface area (Å²) in [7, 11) is 0. The van der Waals surface area contributed by atoms with Gasteiger partial charge in [0.15, 0.2) is 6.61 Å². The molecule has 0 saturated heterocycles. The van der Waals surface area contributed by atoms with E-state index >= 15 is 0 Å². The lowest BCUT2D eigenvalue weighted by molar-refractivity contribution is -0.123. The predicted octanol–water partition coefficient (Wildman–Crippen LogP) is 2.18. The SMILES string of the molecule is CCCCNC(=O)COc1cccc(/C(C)=N/O)c1. The zero-order valence-corrected chi connectivity index (χ0v) is 11.3. The Morgan fingerprint density at radius 1 is 1.47 bits per heavy atom. The van der Waals surface area contributed by atoms with Gasteiger partial charge in [0.05, 0.1) is 5.71 Å². The molecule has 104 valence electrons. The van der Waals surface area contributed by atoms with E-state index in [0.29, 0.717) is 18.0 Å². The molecule has 0 radical (unpaired) electrons. The van der Waals surface area contributed by atoms with Gasteiger partial charge in [-0.3, -0.25) is 4.79 Å². The molecule has 5 heteroatoms. The van der Waals surface area contributed by atoms with Crippen molar-refractivity contribution >= 4 is 11.6 Å². The Morgan fingerprint density at radius 3 is 2.95 bits per heavy atom. The molecule has 0 aliphatic rings. The maximum Gasteiger partial charge on any atom is 0.257 e. The van der Waals surface area contributed by atoms with Gasteiger partial charge < -0.3 is 15.3 Å². The van der Waals surface area contributed by atoms with E-state index in [2.05, 4.69) is 17.4 Å². The number of ether oxygens (including phenoxy) is 1. The summed E-state index contributed by atoms with van der Waals surface area (Å²) in [6.07, 6.45) is 2.01. The Morgan fingerprint density at radius 2 is 2.26 bits per heavy atom. The van der Waals surface area contributed by atoms with Crippen molar-refractivity contribution < 1.29 is 14.7 Å². The molecule has 1 amide bonds. The van der Waals surface area contributed by atoms with Crippen LogP contribution in [0, 0.1) is 0 Å². The number of rotatable bonds is 7. The first kappa shape index (κ1) is 15.0. The number of carbonyl (C=O) groups is 1. The minimum atomic E-state index is -0.133. The molecule has 0 aromatic heterocycles. The van der Waals surface area contributed by atoms with Crippen LogP contribution >= 0.6 is 0 Å². The maximum absolute atomic E-state index is 11.5. The summed E-state index contributed by atoms with van der Waals surface area (Å²) < 4.78 is 5.39. The standard InChI is InChI=1S/C14H20N2O3/c1-3-4-8-15-14(17)10-19-13-7-5-6-12(9-13)11(2)16-18/h5-7,9,18H,3-4,8,10H2,1-2H3,(H,15,17)/b16-11+. The third kappa shape index (κ3) is 5.42. The lowest BCUT2D eigenvalue weighted by atomic mass is 10.1. The highest BCUT2D eigenvalue weighted by molar-refractivity contribution is 5.98. The van der Waals surface area contributed by atoms with Crippen LogP contribution in [0.5, 0.6) is 5.75 Å². The van der Waals surface area contributed by atoms with Crippen molar-refractivity contribution in [3.05, 3.63) is 29.8 Å². The average molecular weight is 264 g/mol. The van der Waals surface area contributed by atoms with Gasteiger partial charge in [0.1, 0.15) is 5.75 Å². The summed E-state index contributed by atoms with van der Waals surface area (Å²) in [6.45, 7) is 4.42. The third-order valence-corrected chi connectivity index (χ3v) is 2.62. The molecule has 0 saturated carbocycles. The van der Waals surface area contributed by atoms with E-state index in [1.165, 1.54) is 0 Å². The number of hydrogen-bond donors (Lipinski definition) is 2. The molecule has 1 aromatic carbocycles. The lowest BCUT2D eigenvalue weighted by Crippen LogP contribution is -2.29. The van der Waals surface area contributed by atoms with E-state index in [0.717, 1.165) is 18.4 Å². The highest BCUT2D eigenvalue weighted by Gasteiger charge is 2.04. The summed E-state index contributed by atoms with van der Waals surface area (Å²) in [5.41, 5.74) is 1.25. The van der Waals surface area contributed by atoms with Crippen LogP contribution in [0.3, 0.4) is 0 Å². The van der Waals surface area contributed by atoms with Crippen molar-refractivity contribution in [2.75, 3.05) is 13.2 Å². The monoisotopic (exact) mass is 264 g/mol. The second-order valence-electron chi connectivity index (χ2n) is 4.21. The van der Waals surface area contributed by atoms with E-state index in [-0.39, 0.29) is 12.5 Å². The second-order valence-corrected chi connectivity index (χ2v) is 4.21. The summed E-state index contributed by atoms with van der Waals surface area (Å²) in [5.74, 6) is 0.442. The van der Waals surface area contributed by atoms with Gasteiger partial charge in [0.25, 0.3) is 5.91 Å². The molecular formula is C14H20N2O3. The molecule has 0 heterocycles. The van der Waals surface area contributed by atoms with Crippen LogP contribution in [0.25, 0.3) is 0 Å². The Bertz CT molecular complexity index is 444.